The van der Waals surface area contributed by atoms with E-state index in [1.54, 1.807) is 0 Å². The molecule has 0 heterocycles. The Morgan fingerprint density at radius 3 is 2.06 bits per heavy atom. The maximum atomic E-state index is 11.0. The van der Waals surface area contributed by atoms with Crippen molar-refractivity contribution in [3.05, 3.63) is 0 Å². The zero-order valence-corrected chi connectivity index (χ0v) is 11.8. The van der Waals surface area contributed by atoms with Crippen LogP contribution in [0, 0.1) is 0 Å². The monoisotopic (exact) mass is 262 g/mol. The second-order valence-electron chi connectivity index (χ2n) is 4.11. The third-order valence-corrected chi connectivity index (χ3v) is 2.00. The van der Waals surface area contributed by atoms with Crippen molar-refractivity contribution in [1.29, 1.82) is 0 Å². The molecule has 0 saturated heterocycles. The number of hydrogen-bond donors (Lipinski definition) is 0. The maximum Gasteiger partial charge on any atom is 0.305 e. The molecule has 108 valence electrons. The van der Waals surface area contributed by atoms with Crippen molar-refractivity contribution in [2.24, 2.45) is 0 Å². The summed E-state index contributed by atoms with van der Waals surface area (Å²) in [5, 5.41) is 0. The average molecular weight is 262 g/mol. The molecule has 0 radical (unpaired) electrons. The summed E-state index contributed by atoms with van der Waals surface area (Å²) in [6.45, 7) is 8.87. The third kappa shape index (κ3) is 13.4. The molecule has 18 heavy (non-hydrogen) atoms. The van der Waals surface area contributed by atoms with Crippen LogP contribution < -0.4 is 0 Å². The van der Waals surface area contributed by atoms with Crippen molar-refractivity contribution in [3.63, 3.8) is 0 Å². The molecule has 0 aliphatic carbocycles. The van der Waals surface area contributed by atoms with Gasteiger partial charge in [-0.15, -0.1) is 0 Å². The lowest BCUT2D eigenvalue weighted by atomic mass is 10.3. The Morgan fingerprint density at radius 1 is 0.944 bits per heavy atom. The van der Waals surface area contributed by atoms with Crippen LogP contribution in [0.5, 0.6) is 0 Å². The predicted molar refractivity (Wildman–Crippen MR) is 68.6 cm³/mol. The number of ether oxygens (including phenoxy) is 4. The van der Waals surface area contributed by atoms with Gasteiger partial charge in [-0.2, -0.15) is 0 Å². The summed E-state index contributed by atoms with van der Waals surface area (Å²) in [7, 11) is 0. The van der Waals surface area contributed by atoms with Crippen LogP contribution in [0.25, 0.3) is 0 Å². The minimum atomic E-state index is -0.164. The number of hydrogen-bond acceptors (Lipinski definition) is 5. The number of carbonyl (C=O) groups excluding carboxylic acids is 1. The normalized spacial score (nSPS) is 10.9. The average Bonchev–Trinajstić information content (AvgIpc) is 2.31. The van der Waals surface area contributed by atoms with Crippen LogP contribution in [0.4, 0.5) is 0 Å². The molecule has 0 N–H and O–H groups in total. The minimum absolute atomic E-state index is 0.164. The van der Waals surface area contributed by atoms with Crippen LogP contribution in [0.3, 0.4) is 0 Å². The van der Waals surface area contributed by atoms with Gasteiger partial charge in [0.25, 0.3) is 0 Å². The molecule has 0 bridgehead atoms. The first-order valence-corrected chi connectivity index (χ1v) is 6.59. The highest BCUT2D eigenvalue weighted by Crippen LogP contribution is 1.91. The highest BCUT2D eigenvalue weighted by atomic mass is 16.6. The quantitative estimate of drug-likeness (QED) is 0.396. The van der Waals surface area contributed by atoms with E-state index in [9.17, 15) is 4.79 Å². The van der Waals surface area contributed by atoms with Gasteiger partial charge in [-0.1, -0.05) is 6.92 Å². The van der Waals surface area contributed by atoms with E-state index in [2.05, 4.69) is 0 Å². The summed E-state index contributed by atoms with van der Waals surface area (Å²) in [6.07, 6.45) is 1.52. The van der Waals surface area contributed by atoms with E-state index in [1.165, 1.54) is 0 Å². The number of rotatable bonds is 12. The topological polar surface area (TPSA) is 54.0 Å². The lowest BCUT2D eigenvalue weighted by molar-refractivity contribution is -0.145. The molecule has 0 aliphatic heterocycles. The van der Waals surface area contributed by atoms with Crippen molar-refractivity contribution in [2.45, 2.75) is 39.7 Å². The van der Waals surface area contributed by atoms with Crippen molar-refractivity contribution in [3.8, 4) is 0 Å². The molecule has 0 amide bonds. The summed E-state index contributed by atoms with van der Waals surface area (Å²) in [4.78, 5) is 11.0. The number of esters is 1. The standard InChI is InChI=1S/C13H26O5/c1-4-5-13(14)18-11-9-16-7-6-15-8-10-17-12(2)3/h12H,4-11H2,1-3H3. The third-order valence-electron chi connectivity index (χ3n) is 2.00. The van der Waals surface area contributed by atoms with Gasteiger partial charge >= 0.3 is 5.97 Å². The molecule has 0 aromatic rings. The van der Waals surface area contributed by atoms with E-state index in [0.29, 0.717) is 46.1 Å². The van der Waals surface area contributed by atoms with E-state index >= 15 is 0 Å². The molecule has 0 rings (SSSR count). The van der Waals surface area contributed by atoms with E-state index in [1.807, 2.05) is 20.8 Å². The highest BCUT2D eigenvalue weighted by Gasteiger charge is 1.99. The lowest BCUT2D eigenvalue weighted by Gasteiger charge is -2.08. The first-order valence-electron chi connectivity index (χ1n) is 6.59. The molecule has 0 aliphatic rings. The molecule has 5 nitrogen and oxygen atoms in total. The summed E-state index contributed by atoms with van der Waals surface area (Å²) in [5.74, 6) is -0.164. The Bertz CT molecular complexity index is 194. The first-order chi connectivity index (χ1) is 8.66. The SMILES string of the molecule is CCCC(=O)OCCOCCOCCOC(C)C. The van der Waals surface area contributed by atoms with Crippen LogP contribution in [0.1, 0.15) is 33.6 Å². The van der Waals surface area contributed by atoms with Gasteiger partial charge in [0.1, 0.15) is 6.61 Å². The van der Waals surface area contributed by atoms with Crippen LogP contribution in [-0.4, -0.2) is 51.7 Å². The summed E-state index contributed by atoms with van der Waals surface area (Å²) >= 11 is 0. The second kappa shape index (κ2) is 12.8. The molecular weight excluding hydrogens is 236 g/mol. The summed E-state index contributed by atoms with van der Waals surface area (Å²) < 4.78 is 20.8. The Balaban J connectivity index is 3.05. The fraction of sp³-hybridized carbons (Fsp3) is 0.923. The van der Waals surface area contributed by atoms with Gasteiger partial charge in [-0.05, 0) is 20.3 Å². The number of carbonyl (C=O) groups is 1. The van der Waals surface area contributed by atoms with Gasteiger partial charge in [0.15, 0.2) is 0 Å². The molecule has 0 spiro atoms. The van der Waals surface area contributed by atoms with E-state index in [4.69, 9.17) is 18.9 Å². The van der Waals surface area contributed by atoms with Gasteiger partial charge in [-0.3, -0.25) is 4.79 Å². The van der Waals surface area contributed by atoms with Crippen LogP contribution in [-0.2, 0) is 23.7 Å². The molecule has 0 unspecified atom stereocenters. The molecule has 0 aromatic carbocycles. The Hall–Kier alpha value is -0.650. The van der Waals surface area contributed by atoms with E-state index in [-0.39, 0.29) is 12.1 Å². The molecule has 0 saturated carbocycles. The Labute approximate surface area is 110 Å². The van der Waals surface area contributed by atoms with Crippen molar-refractivity contribution in [2.75, 3.05) is 39.6 Å². The van der Waals surface area contributed by atoms with E-state index < -0.39 is 0 Å². The minimum Gasteiger partial charge on any atom is -0.463 e. The Morgan fingerprint density at radius 2 is 1.50 bits per heavy atom. The van der Waals surface area contributed by atoms with Gasteiger partial charge in [-0.25, -0.2) is 0 Å². The molecule has 5 heteroatoms. The Kier molecular flexibility index (Phi) is 12.3. The van der Waals surface area contributed by atoms with Crippen molar-refractivity contribution in [1.82, 2.24) is 0 Å². The molecule has 0 aromatic heterocycles. The second-order valence-corrected chi connectivity index (χ2v) is 4.11. The maximum absolute atomic E-state index is 11.0. The highest BCUT2D eigenvalue weighted by molar-refractivity contribution is 5.69. The van der Waals surface area contributed by atoms with Gasteiger partial charge in [0, 0.05) is 6.42 Å². The smallest absolute Gasteiger partial charge is 0.305 e. The van der Waals surface area contributed by atoms with Crippen LogP contribution >= 0.6 is 0 Å². The lowest BCUT2D eigenvalue weighted by Crippen LogP contribution is -2.14. The summed E-state index contributed by atoms with van der Waals surface area (Å²) in [5.41, 5.74) is 0. The molecular formula is C13H26O5. The van der Waals surface area contributed by atoms with Gasteiger partial charge in [0.05, 0.1) is 39.1 Å². The van der Waals surface area contributed by atoms with Crippen molar-refractivity contribution < 1.29 is 23.7 Å². The van der Waals surface area contributed by atoms with Gasteiger partial charge in [0.2, 0.25) is 0 Å². The predicted octanol–water partition coefficient (Wildman–Crippen LogP) is 1.79. The fourth-order valence-electron chi connectivity index (χ4n) is 1.16. The molecule has 0 atom stereocenters. The fourth-order valence-corrected chi connectivity index (χ4v) is 1.16. The zero-order valence-electron chi connectivity index (χ0n) is 11.8. The van der Waals surface area contributed by atoms with Crippen LogP contribution in [0.2, 0.25) is 0 Å². The van der Waals surface area contributed by atoms with Crippen molar-refractivity contribution >= 4 is 5.97 Å². The van der Waals surface area contributed by atoms with E-state index in [0.717, 1.165) is 6.42 Å². The molecule has 0 fully saturated rings. The first kappa shape index (κ1) is 17.4. The van der Waals surface area contributed by atoms with Gasteiger partial charge < -0.3 is 18.9 Å². The zero-order chi connectivity index (χ0) is 13.6. The van der Waals surface area contributed by atoms with Crippen LogP contribution in [0.15, 0.2) is 0 Å². The summed E-state index contributed by atoms with van der Waals surface area (Å²) in [6, 6.07) is 0. The largest absolute Gasteiger partial charge is 0.463 e.